The van der Waals surface area contributed by atoms with Crippen molar-refractivity contribution in [2.24, 2.45) is 17.3 Å². The zero-order valence-electron chi connectivity index (χ0n) is 11.8. The first kappa shape index (κ1) is 15.8. The number of nitrogens with one attached hydrogen (secondary N) is 2. The first-order valence-electron chi connectivity index (χ1n) is 7.04. The van der Waals surface area contributed by atoms with Crippen LogP contribution in [0.25, 0.3) is 0 Å². The van der Waals surface area contributed by atoms with E-state index in [0.29, 0.717) is 17.4 Å². The van der Waals surface area contributed by atoms with Crippen molar-refractivity contribution < 1.29 is 4.79 Å². The lowest BCUT2D eigenvalue weighted by molar-refractivity contribution is -0.126. The molecule has 1 aliphatic carbocycles. The molecule has 106 valence electrons. The lowest BCUT2D eigenvalue weighted by Crippen LogP contribution is -2.44. The number of halogens is 1. The Morgan fingerprint density at radius 3 is 2.61 bits per heavy atom. The molecule has 0 radical (unpaired) electrons. The Kier molecular flexibility index (Phi) is 5.47. The van der Waals surface area contributed by atoms with E-state index in [4.69, 9.17) is 0 Å². The summed E-state index contributed by atoms with van der Waals surface area (Å²) in [7, 11) is 0. The fourth-order valence-corrected chi connectivity index (χ4v) is 2.90. The average molecular weight is 275 g/mol. The van der Waals surface area contributed by atoms with Crippen molar-refractivity contribution in [1.29, 1.82) is 0 Å². The van der Waals surface area contributed by atoms with Gasteiger partial charge in [0, 0.05) is 18.5 Å². The molecule has 1 saturated heterocycles. The largest absolute Gasteiger partial charge is 0.355 e. The van der Waals surface area contributed by atoms with Gasteiger partial charge in [-0.1, -0.05) is 13.8 Å². The maximum atomic E-state index is 12.1. The van der Waals surface area contributed by atoms with Gasteiger partial charge in [-0.25, -0.2) is 0 Å². The van der Waals surface area contributed by atoms with E-state index in [1.165, 1.54) is 12.8 Å². The molecule has 1 heterocycles. The number of hydrogen-bond donors (Lipinski definition) is 2. The van der Waals surface area contributed by atoms with E-state index in [1.54, 1.807) is 0 Å². The van der Waals surface area contributed by atoms with E-state index < -0.39 is 0 Å². The predicted molar refractivity (Wildman–Crippen MR) is 77.0 cm³/mol. The van der Waals surface area contributed by atoms with E-state index in [0.717, 1.165) is 25.9 Å². The molecule has 2 atom stereocenters. The lowest BCUT2D eigenvalue weighted by Gasteiger charge is -2.28. The average Bonchev–Trinajstić information content (AvgIpc) is 3.07. The second-order valence-electron chi connectivity index (χ2n) is 6.31. The van der Waals surface area contributed by atoms with Crippen LogP contribution in [-0.4, -0.2) is 25.0 Å². The maximum absolute atomic E-state index is 12.1. The van der Waals surface area contributed by atoms with Crippen molar-refractivity contribution in [2.45, 2.75) is 52.5 Å². The summed E-state index contributed by atoms with van der Waals surface area (Å²) in [5.41, 5.74) is 0.425. The normalized spacial score (nSPS) is 29.6. The van der Waals surface area contributed by atoms with Gasteiger partial charge < -0.3 is 10.6 Å². The van der Waals surface area contributed by atoms with E-state index in [2.05, 4.69) is 31.4 Å². The smallest absolute Gasteiger partial charge is 0.223 e. The van der Waals surface area contributed by atoms with Gasteiger partial charge in [-0.05, 0) is 50.5 Å². The molecule has 0 bridgehead atoms. The van der Waals surface area contributed by atoms with Crippen LogP contribution in [0.1, 0.15) is 46.5 Å². The number of rotatable bonds is 4. The standard InChI is InChI=1S/C14H26N2O.ClH/c1-10(2)14(5-6-14)9-16-13(17)12-4-7-15-11(3)8-12;/h10-12,15H,4-9H2,1-3H3,(H,16,17);1H/t11-,12-;/m0./s1. The van der Waals surface area contributed by atoms with Crippen LogP contribution in [0, 0.1) is 17.3 Å². The van der Waals surface area contributed by atoms with Crippen LogP contribution in [0.5, 0.6) is 0 Å². The molecule has 1 saturated carbocycles. The Labute approximate surface area is 117 Å². The first-order chi connectivity index (χ1) is 8.03. The van der Waals surface area contributed by atoms with Crippen LogP contribution in [0.15, 0.2) is 0 Å². The minimum absolute atomic E-state index is 0. The van der Waals surface area contributed by atoms with Gasteiger partial charge in [-0.2, -0.15) is 0 Å². The second-order valence-corrected chi connectivity index (χ2v) is 6.31. The first-order valence-corrected chi connectivity index (χ1v) is 7.04. The molecule has 2 rings (SSSR count). The van der Waals surface area contributed by atoms with Crippen molar-refractivity contribution in [3.8, 4) is 0 Å². The second kappa shape index (κ2) is 6.25. The summed E-state index contributed by atoms with van der Waals surface area (Å²) in [6, 6.07) is 0.486. The molecule has 2 fully saturated rings. The van der Waals surface area contributed by atoms with Gasteiger partial charge in [0.25, 0.3) is 0 Å². The van der Waals surface area contributed by atoms with Crippen LogP contribution in [0.4, 0.5) is 0 Å². The van der Waals surface area contributed by atoms with E-state index in [-0.39, 0.29) is 24.2 Å². The molecule has 1 aliphatic heterocycles. The highest BCUT2D eigenvalue weighted by molar-refractivity contribution is 5.85. The third-order valence-electron chi connectivity index (χ3n) is 4.73. The van der Waals surface area contributed by atoms with Crippen molar-refractivity contribution in [3.05, 3.63) is 0 Å². The van der Waals surface area contributed by atoms with Gasteiger partial charge >= 0.3 is 0 Å². The Hall–Kier alpha value is -0.280. The summed E-state index contributed by atoms with van der Waals surface area (Å²) in [4.78, 5) is 12.1. The number of carbonyl (C=O) groups excluding carboxylic acids is 1. The highest BCUT2D eigenvalue weighted by atomic mass is 35.5. The van der Waals surface area contributed by atoms with Crippen LogP contribution >= 0.6 is 12.4 Å². The molecular weight excluding hydrogens is 248 g/mol. The maximum Gasteiger partial charge on any atom is 0.223 e. The van der Waals surface area contributed by atoms with Crippen LogP contribution in [0.3, 0.4) is 0 Å². The topological polar surface area (TPSA) is 41.1 Å². The van der Waals surface area contributed by atoms with Gasteiger partial charge in [0.15, 0.2) is 0 Å². The lowest BCUT2D eigenvalue weighted by atomic mass is 9.90. The van der Waals surface area contributed by atoms with Gasteiger partial charge in [0.2, 0.25) is 5.91 Å². The quantitative estimate of drug-likeness (QED) is 0.826. The third kappa shape index (κ3) is 3.61. The van der Waals surface area contributed by atoms with Crippen LogP contribution in [-0.2, 0) is 4.79 Å². The molecule has 0 aromatic rings. The molecule has 2 aliphatic rings. The van der Waals surface area contributed by atoms with E-state index >= 15 is 0 Å². The Morgan fingerprint density at radius 2 is 2.11 bits per heavy atom. The molecule has 0 aromatic carbocycles. The zero-order valence-corrected chi connectivity index (χ0v) is 12.6. The Morgan fingerprint density at radius 1 is 1.44 bits per heavy atom. The van der Waals surface area contributed by atoms with Gasteiger partial charge in [-0.3, -0.25) is 4.79 Å². The Bertz CT molecular complexity index is 290. The van der Waals surface area contributed by atoms with Crippen molar-refractivity contribution in [1.82, 2.24) is 10.6 Å². The number of carbonyl (C=O) groups is 1. The fourth-order valence-electron chi connectivity index (χ4n) is 2.90. The summed E-state index contributed by atoms with van der Waals surface area (Å²) in [6.07, 6.45) is 4.55. The van der Waals surface area contributed by atoms with Gasteiger partial charge in [-0.15, -0.1) is 12.4 Å². The summed E-state index contributed by atoms with van der Waals surface area (Å²) < 4.78 is 0. The molecule has 4 heteroatoms. The minimum Gasteiger partial charge on any atom is -0.355 e. The molecule has 18 heavy (non-hydrogen) atoms. The number of amides is 1. The summed E-state index contributed by atoms with van der Waals surface area (Å²) in [6.45, 7) is 8.57. The van der Waals surface area contributed by atoms with Gasteiger partial charge in [0.1, 0.15) is 0 Å². The fraction of sp³-hybridized carbons (Fsp3) is 0.929. The van der Waals surface area contributed by atoms with Crippen LogP contribution < -0.4 is 10.6 Å². The number of hydrogen-bond acceptors (Lipinski definition) is 2. The van der Waals surface area contributed by atoms with E-state index in [1.807, 2.05) is 0 Å². The predicted octanol–water partition coefficient (Wildman–Crippen LogP) is 2.35. The molecule has 3 nitrogen and oxygen atoms in total. The summed E-state index contributed by atoms with van der Waals surface area (Å²) >= 11 is 0. The van der Waals surface area contributed by atoms with Gasteiger partial charge in [0.05, 0.1) is 0 Å². The molecular formula is C14H27ClN2O. The molecule has 0 aromatic heterocycles. The molecule has 2 N–H and O–H groups in total. The van der Waals surface area contributed by atoms with Crippen LogP contribution in [0.2, 0.25) is 0 Å². The summed E-state index contributed by atoms with van der Waals surface area (Å²) in [5.74, 6) is 1.20. The van der Waals surface area contributed by atoms with Crippen molar-refractivity contribution in [3.63, 3.8) is 0 Å². The Balaban J connectivity index is 0.00000162. The molecule has 1 amide bonds. The monoisotopic (exact) mass is 274 g/mol. The zero-order chi connectivity index (χ0) is 12.5. The minimum atomic E-state index is 0. The highest BCUT2D eigenvalue weighted by Crippen LogP contribution is 2.51. The molecule has 0 unspecified atom stereocenters. The number of piperidine rings is 1. The molecule has 0 spiro atoms. The van der Waals surface area contributed by atoms with Crippen molar-refractivity contribution >= 4 is 18.3 Å². The third-order valence-corrected chi connectivity index (χ3v) is 4.73. The summed E-state index contributed by atoms with van der Waals surface area (Å²) in [5, 5.41) is 6.58. The van der Waals surface area contributed by atoms with E-state index in [9.17, 15) is 4.79 Å². The SMILES string of the molecule is CC(C)C1(CNC(=O)[C@H]2CCN[C@@H](C)C2)CC1.Cl. The van der Waals surface area contributed by atoms with Crippen molar-refractivity contribution in [2.75, 3.05) is 13.1 Å². The highest BCUT2D eigenvalue weighted by Gasteiger charge is 2.45.